The fourth-order valence-electron chi connectivity index (χ4n) is 1.32. The van der Waals surface area contributed by atoms with Crippen molar-refractivity contribution in [2.45, 2.75) is 20.8 Å². The lowest BCUT2D eigenvalue weighted by molar-refractivity contribution is -0.921. The third-order valence-corrected chi connectivity index (χ3v) is 2.74. The molecule has 2 heteroatoms. The molecule has 0 fully saturated rings. The van der Waals surface area contributed by atoms with Crippen LogP contribution >= 0.6 is 11.6 Å². The third-order valence-electron chi connectivity index (χ3n) is 2.57. The summed E-state index contributed by atoms with van der Waals surface area (Å²) >= 11 is 5.71. The first-order valence-corrected chi connectivity index (χ1v) is 4.69. The minimum absolute atomic E-state index is 0.787. The molecule has 0 aliphatic rings. The first-order chi connectivity index (χ1) is 4.74. The zero-order valence-electron chi connectivity index (χ0n) is 7.36. The van der Waals surface area contributed by atoms with Crippen LogP contribution in [0.15, 0.2) is 0 Å². The van der Waals surface area contributed by atoms with Gasteiger partial charge in [0.05, 0.1) is 32.1 Å². The summed E-state index contributed by atoms with van der Waals surface area (Å²) in [5, 5.41) is 0. The third kappa shape index (κ3) is 2.47. The van der Waals surface area contributed by atoms with Gasteiger partial charge in [-0.2, -0.15) is 0 Å². The Bertz CT molecular complexity index is 71.1. The second-order valence-electron chi connectivity index (χ2n) is 2.70. The molecular weight excluding hydrogens is 146 g/mol. The van der Waals surface area contributed by atoms with Gasteiger partial charge in [0.15, 0.2) is 0 Å². The second kappa shape index (κ2) is 4.97. The van der Waals surface area contributed by atoms with Gasteiger partial charge in [0.2, 0.25) is 0 Å². The number of halogens is 1. The molecule has 0 spiro atoms. The van der Waals surface area contributed by atoms with E-state index in [2.05, 4.69) is 20.8 Å². The largest absolute Gasteiger partial charge is 0.323 e. The summed E-state index contributed by atoms with van der Waals surface area (Å²) in [6, 6.07) is 0. The molecule has 0 heterocycles. The Kier molecular flexibility index (Phi) is 5.10. The summed E-state index contributed by atoms with van der Waals surface area (Å²) in [7, 11) is 0. The zero-order valence-corrected chi connectivity index (χ0v) is 8.12. The minimum atomic E-state index is 0.787. The highest BCUT2D eigenvalue weighted by Gasteiger charge is 2.18. The SMILES string of the molecule is CC[N+](CC)(CC)CCCl. The number of nitrogens with zero attached hydrogens (tertiary/aromatic N) is 1. The molecule has 0 aromatic heterocycles. The van der Waals surface area contributed by atoms with Crippen molar-refractivity contribution >= 4 is 11.6 Å². The molecule has 0 aliphatic carbocycles. The predicted octanol–water partition coefficient (Wildman–Crippen LogP) is 2.10. The Balaban J connectivity index is 3.87. The maximum atomic E-state index is 5.71. The first kappa shape index (κ1) is 10.2. The van der Waals surface area contributed by atoms with Gasteiger partial charge in [-0.25, -0.2) is 0 Å². The summed E-state index contributed by atoms with van der Waals surface area (Å²) in [6.45, 7) is 11.4. The monoisotopic (exact) mass is 164 g/mol. The van der Waals surface area contributed by atoms with E-state index in [-0.39, 0.29) is 0 Å². The van der Waals surface area contributed by atoms with E-state index in [1.807, 2.05) is 0 Å². The molecule has 0 aromatic rings. The molecule has 0 amide bonds. The normalized spacial score (nSPS) is 12.0. The maximum absolute atomic E-state index is 5.71. The lowest BCUT2D eigenvalue weighted by atomic mass is 10.3. The lowest BCUT2D eigenvalue weighted by Gasteiger charge is -2.35. The number of hydrogen-bond donors (Lipinski definition) is 0. The molecule has 0 rings (SSSR count). The Morgan fingerprint density at radius 1 is 1.00 bits per heavy atom. The topological polar surface area (TPSA) is 0 Å². The molecule has 1 nitrogen and oxygen atoms in total. The number of hydrogen-bond acceptors (Lipinski definition) is 0. The van der Waals surface area contributed by atoms with E-state index in [1.54, 1.807) is 0 Å². The van der Waals surface area contributed by atoms with E-state index < -0.39 is 0 Å². The Labute approximate surface area is 69.6 Å². The number of rotatable bonds is 5. The van der Waals surface area contributed by atoms with Crippen LogP contribution in [-0.4, -0.2) is 36.5 Å². The quantitative estimate of drug-likeness (QED) is 0.431. The van der Waals surface area contributed by atoms with E-state index in [9.17, 15) is 0 Å². The predicted molar refractivity (Wildman–Crippen MR) is 47.5 cm³/mol. The van der Waals surface area contributed by atoms with Gasteiger partial charge in [-0.1, -0.05) is 0 Å². The van der Waals surface area contributed by atoms with Gasteiger partial charge in [0, 0.05) is 0 Å². The highest BCUT2D eigenvalue weighted by molar-refractivity contribution is 6.17. The van der Waals surface area contributed by atoms with Crippen molar-refractivity contribution in [3.05, 3.63) is 0 Å². The fraction of sp³-hybridized carbons (Fsp3) is 1.00. The van der Waals surface area contributed by atoms with Crippen LogP contribution in [0.2, 0.25) is 0 Å². The summed E-state index contributed by atoms with van der Waals surface area (Å²) < 4.78 is 1.17. The highest BCUT2D eigenvalue weighted by Crippen LogP contribution is 2.05. The summed E-state index contributed by atoms with van der Waals surface area (Å²) in [4.78, 5) is 0. The Hall–Kier alpha value is 0.250. The van der Waals surface area contributed by atoms with Crippen LogP contribution in [0.5, 0.6) is 0 Å². The average Bonchev–Trinajstić information content (AvgIpc) is 2.01. The molecule has 62 valence electrons. The van der Waals surface area contributed by atoms with Crippen molar-refractivity contribution in [3.63, 3.8) is 0 Å². The molecule has 0 atom stereocenters. The molecule has 0 saturated carbocycles. The van der Waals surface area contributed by atoms with Gasteiger partial charge in [-0.15, -0.1) is 11.6 Å². The molecule has 0 N–H and O–H groups in total. The van der Waals surface area contributed by atoms with Crippen LogP contribution in [0.1, 0.15) is 20.8 Å². The van der Waals surface area contributed by atoms with E-state index in [4.69, 9.17) is 11.6 Å². The maximum Gasteiger partial charge on any atom is 0.0924 e. The van der Waals surface area contributed by atoms with Crippen LogP contribution < -0.4 is 0 Å². The van der Waals surface area contributed by atoms with Crippen LogP contribution in [0.3, 0.4) is 0 Å². The number of quaternary nitrogens is 1. The van der Waals surface area contributed by atoms with Crippen LogP contribution in [0.4, 0.5) is 0 Å². The van der Waals surface area contributed by atoms with Gasteiger partial charge in [0.25, 0.3) is 0 Å². The fourth-order valence-corrected chi connectivity index (χ4v) is 1.68. The molecular formula is C8H19ClN+. The summed E-state index contributed by atoms with van der Waals surface area (Å²) in [6.07, 6.45) is 0. The van der Waals surface area contributed by atoms with E-state index in [0.717, 1.165) is 12.4 Å². The van der Waals surface area contributed by atoms with Crippen molar-refractivity contribution in [1.82, 2.24) is 0 Å². The molecule has 10 heavy (non-hydrogen) atoms. The molecule has 0 bridgehead atoms. The standard InChI is InChI=1S/C8H19ClN/c1-4-10(5-2,6-3)8-7-9/h4-8H2,1-3H3/q+1. The first-order valence-electron chi connectivity index (χ1n) is 4.15. The Morgan fingerprint density at radius 2 is 1.40 bits per heavy atom. The van der Waals surface area contributed by atoms with Gasteiger partial charge in [0.1, 0.15) is 0 Å². The van der Waals surface area contributed by atoms with E-state index in [0.29, 0.717) is 0 Å². The molecule has 0 saturated heterocycles. The summed E-state index contributed by atoms with van der Waals surface area (Å²) in [5.41, 5.74) is 0. The molecule has 0 aliphatic heterocycles. The van der Waals surface area contributed by atoms with Gasteiger partial charge >= 0.3 is 0 Å². The lowest BCUT2D eigenvalue weighted by Crippen LogP contribution is -2.48. The van der Waals surface area contributed by atoms with Gasteiger partial charge in [-0.3, -0.25) is 0 Å². The van der Waals surface area contributed by atoms with Crippen LogP contribution in [0, 0.1) is 0 Å². The van der Waals surface area contributed by atoms with Crippen LogP contribution in [-0.2, 0) is 0 Å². The zero-order chi connectivity index (χ0) is 8.04. The molecule has 0 unspecified atom stereocenters. The Morgan fingerprint density at radius 3 is 1.50 bits per heavy atom. The highest BCUT2D eigenvalue weighted by atomic mass is 35.5. The average molecular weight is 165 g/mol. The minimum Gasteiger partial charge on any atom is -0.323 e. The molecule has 0 aromatic carbocycles. The van der Waals surface area contributed by atoms with Gasteiger partial charge in [-0.05, 0) is 20.8 Å². The second-order valence-corrected chi connectivity index (χ2v) is 3.08. The van der Waals surface area contributed by atoms with Crippen molar-refractivity contribution in [3.8, 4) is 0 Å². The van der Waals surface area contributed by atoms with E-state index >= 15 is 0 Å². The van der Waals surface area contributed by atoms with E-state index in [1.165, 1.54) is 24.1 Å². The molecule has 0 radical (unpaired) electrons. The van der Waals surface area contributed by atoms with Crippen molar-refractivity contribution in [1.29, 1.82) is 0 Å². The van der Waals surface area contributed by atoms with Crippen molar-refractivity contribution in [2.75, 3.05) is 32.1 Å². The number of alkyl halides is 1. The van der Waals surface area contributed by atoms with Crippen molar-refractivity contribution in [2.24, 2.45) is 0 Å². The van der Waals surface area contributed by atoms with Crippen molar-refractivity contribution < 1.29 is 4.48 Å². The van der Waals surface area contributed by atoms with Gasteiger partial charge < -0.3 is 4.48 Å². The summed E-state index contributed by atoms with van der Waals surface area (Å²) in [5.74, 6) is 0.787. The van der Waals surface area contributed by atoms with Crippen LogP contribution in [0.25, 0.3) is 0 Å². The smallest absolute Gasteiger partial charge is 0.0924 e.